The van der Waals surface area contributed by atoms with E-state index >= 15 is 0 Å². The molecule has 0 saturated carbocycles. The molecule has 0 aromatic rings. The summed E-state index contributed by atoms with van der Waals surface area (Å²) >= 11 is 0. The van der Waals surface area contributed by atoms with Gasteiger partial charge in [0.1, 0.15) is 6.61 Å². The van der Waals surface area contributed by atoms with Crippen LogP contribution in [-0.4, -0.2) is 23.8 Å². The molecule has 0 radical (unpaired) electrons. The highest BCUT2D eigenvalue weighted by molar-refractivity contribution is 5.49. The smallest absolute Gasteiger partial charge is 0.193 e. The molecular formula is C5H9NO2. The molecule has 1 heterocycles. The van der Waals surface area contributed by atoms with Gasteiger partial charge in [0.15, 0.2) is 12.1 Å². The second-order valence-electron chi connectivity index (χ2n) is 1.88. The van der Waals surface area contributed by atoms with Crippen molar-refractivity contribution in [2.45, 2.75) is 19.1 Å². The summed E-state index contributed by atoms with van der Waals surface area (Å²) in [6.07, 6.45) is 1.91. The minimum absolute atomic E-state index is 0.309. The lowest BCUT2D eigenvalue weighted by Crippen LogP contribution is -2.25. The molecule has 3 nitrogen and oxygen atoms in total. The summed E-state index contributed by atoms with van der Waals surface area (Å²) in [7, 11) is 0. The Balaban J connectivity index is 2.54. The number of nitrogens with zero attached hydrogens (tertiary/aromatic N) is 1. The third-order valence-electron chi connectivity index (χ3n) is 1.25. The van der Waals surface area contributed by atoms with Crippen LogP contribution in [0.4, 0.5) is 0 Å². The van der Waals surface area contributed by atoms with Crippen molar-refractivity contribution < 1.29 is 9.84 Å². The molecule has 1 aliphatic rings. The first-order chi connectivity index (χ1) is 3.77. The minimum Gasteiger partial charge on any atom is -0.478 e. The lowest BCUT2D eigenvalue weighted by molar-refractivity contribution is 0.0204. The van der Waals surface area contributed by atoms with Crippen molar-refractivity contribution in [3.63, 3.8) is 0 Å². The molecule has 1 aliphatic heterocycles. The van der Waals surface area contributed by atoms with Gasteiger partial charge in [-0.3, -0.25) is 0 Å². The number of rotatable bonds is 1. The second-order valence-corrected chi connectivity index (χ2v) is 1.88. The first kappa shape index (κ1) is 5.56. The van der Waals surface area contributed by atoms with Crippen LogP contribution in [0, 0.1) is 0 Å². The molecular weight excluding hydrogens is 106 g/mol. The highest BCUT2D eigenvalue weighted by atomic mass is 16.5. The van der Waals surface area contributed by atoms with Crippen LogP contribution in [0.5, 0.6) is 0 Å². The molecule has 1 atom stereocenters. The van der Waals surface area contributed by atoms with E-state index in [-0.39, 0.29) is 0 Å². The van der Waals surface area contributed by atoms with Crippen molar-refractivity contribution in [3.05, 3.63) is 0 Å². The number of aliphatic hydroxyl groups is 1. The molecule has 0 aliphatic carbocycles. The van der Waals surface area contributed by atoms with E-state index in [4.69, 9.17) is 4.74 Å². The van der Waals surface area contributed by atoms with Gasteiger partial charge in [-0.05, 0) is 6.42 Å². The van der Waals surface area contributed by atoms with Gasteiger partial charge in [-0.15, -0.1) is 0 Å². The molecule has 46 valence electrons. The van der Waals surface area contributed by atoms with Gasteiger partial charge in [-0.1, -0.05) is 6.92 Å². The summed E-state index contributed by atoms with van der Waals surface area (Å²) in [5.74, 6) is 0. The van der Waals surface area contributed by atoms with E-state index in [1.165, 1.54) is 6.40 Å². The van der Waals surface area contributed by atoms with Gasteiger partial charge in [0, 0.05) is 0 Å². The molecule has 1 rings (SSSR count). The van der Waals surface area contributed by atoms with Crippen molar-refractivity contribution >= 4 is 6.40 Å². The van der Waals surface area contributed by atoms with Crippen LogP contribution in [0.1, 0.15) is 13.3 Å². The minimum atomic E-state index is -0.917. The highest BCUT2D eigenvalue weighted by Crippen LogP contribution is 2.14. The fraction of sp³-hybridized carbons (Fsp3) is 0.800. The molecule has 0 saturated heterocycles. The van der Waals surface area contributed by atoms with E-state index in [2.05, 4.69) is 4.99 Å². The standard InChI is InChI=1S/C5H9NO2/c1-2-5(7)3-8-4-6-5/h4,7H,2-3H2,1H3. The number of hydrogen-bond acceptors (Lipinski definition) is 3. The van der Waals surface area contributed by atoms with E-state index in [1.54, 1.807) is 0 Å². The third-order valence-corrected chi connectivity index (χ3v) is 1.25. The number of aliphatic imine (C=N–C) groups is 1. The predicted molar refractivity (Wildman–Crippen MR) is 29.7 cm³/mol. The Hall–Kier alpha value is -0.570. The van der Waals surface area contributed by atoms with E-state index in [0.29, 0.717) is 13.0 Å². The van der Waals surface area contributed by atoms with Crippen LogP contribution in [-0.2, 0) is 4.74 Å². The van der Waals surface area contributed by atoms with Crippen molar-refractivity contribution in [1.82, 2.24) is 0 Å². The van der Waals surface area contributed by atoms with Crippen molar-refractivity contribution in [3.8, 4) is 0 Å². The van der Waals surface area contributed by atoms with Crippen LogP contribution in [0.3, 0.4) is 0 Å². The molecule has 0 aromatic heterocycles. The summed E-state index contributed by atoms with van der Waals surface area (Å²) in [5, 5.41) is 9.18. The summed E-state index contributed by atoms with van der Waals surface area (Å²) in [4.78, 5) is 3.69. The fourth-order valence-electron chi connectivity index (χ4n) is 0.537. The lowest BCUT2D eigenvalue weighted by Gasteiger charge is -2.12. The zero-order valence-corrected chi connectivity index (χ0v) is 4.79. The zero-order chi connectivity index (χ0) is 6.04. The van der Waals surface area contributed by atoms with Crippen molar-refractivity contribution in [2.75, 3.05) is 6.61 Å². The molecule has 8 heavy (non-hydrogen) atoms. The Kier molecular flexibility index (Phi) is 1.21. The molecule has 0 bridgehead atoms. The predicted octanol–water partition coefficient (Wildman–Crippen LogP) is 0.144. The molecule has 1 N–H and O–H groups in total. The molecule has 0 fully saturated rings. The summed E-state index contributed by atoms with van der Waals surface area (Å²) < 4.78 is 4.71. The Morgan fingerprint density at radius 3 is 3.00 bits per heavy atom. The van der Waals surface area contributed by atoms with Gasteiger partial charge in [0.2, 0.25) is 0 Å². The summed E-state index contributed by atoms with van der Waals surface area (Å²) in [5.41, 5.74) is -0.917. The number of ether oxygens (including phenoxy) is 1. The summed E-state index contributed by atoms with van der Waals surface area (Å²) in [6, 6.07) is 0. The van der Waals surface area contributed by atoms with E-state index in [9.17, 15) is 5.11 Å². The van der Waals surface area contributed by atoms with Gasteiger partial charge < -0.3 is 9.84 Å². The second kappa shape index (κ2) is 1.74. The van der Waals surface area contributed by atoms with Crippen molar-refractivity contribution in [2.24, 2.45) is 4.99 Å². The van der Waals surface area contributed by atoms with E-state index < -0.39 is 5.72 Å². The first-order valence-electron chi connectivity index (χ1n) is 2.64. The van der Waals surface area contributed by atoms with Crippen LogP contribution < -0.4 is 0 Å². The van der Waals surface area contributed by atoms with Gasteiger partial charge in [-0.25, -0.2) is 4.99 Å². The molecule has 0 aromatic carbocycles. The average molecular weight is 115 g/mol. The van der Waals surface area contributed by atoms with Crippen molar-refractivity contribution in [1.29, 1.82) is 0 Å². The van der Waals surface area contributed by atoms with Crippen LogP contribution >= 0.6 is 0 Å². The SMILES string of the molecule is CCC1(O)COC=N1. The molecule has 3 heteroatoms. The number of hydrogen-bond donors (Lipinski definition) is 1. The topological polar surface area (TPSA) is 41.8 Å². The van der Waals surface area contributed by atoms with Crippen LogP contribution in [0.15, 0.2) is 4.99 Å². The highest BCUT2D eigenvalue weighted by Gasteiger charge is 2.26. The molecule has 0 spiro atoms. The summed E-state index contributed by atoms with van der Waals surface area (Å²) in [6.45, 7) is 2.18. The molecule has 0 amide bonds. The largest absolute Gasteiger partial charge is 0.478 e. The van der Waals surface area contributed by atoms with Gasteiger partial charge >= 0.3 is 0 Å². The monoisotopic (exact) mass is 115 g/mol. The molecule has 1 unspecified atom stereocenters. The zero-order valence-electron chi connectivity index (χ0n) is 4.79. The Labute approximate surface area is 48.0 Å². The van der Waals surface area contributed by atoms with E-state index in [0.717, 1.165) is 0 Å². The quantitative estimate of drug-likeness (QED) is 0.528. The lowest BCUT2D eigenvalue weighted by atomic mass is 10.2. The normalized spacial score (nSPS) is 35.2. The van der Waals surface area contributed by atoms with Crippen LogP contribution in [0.2, 0.25) is 0 Å². The average Bonchev–Trinajstić information content (AvgIpc) is 2.17. The maximum Gasteiger partial charge on any atom is 0.193 e. The van der Waals surface area contributed by atoms with Gasteiger partial charge in [0.25, 0.3) is 0 Å². The first-order valence-corrected chi connectivity index (χ1v) is 2.64. The third kappa shape index (κ3) is 0.816. The Bertz CT molecular complexity index is 113. The fourth-order valence-corrected chi connectivity index (χ4v) is 0.537. The van der Waals surface area contributed by atoms with Crippen LogP contribution in [0.25, 0.3) is 0 Å². The Morgan fingerprint density at radius 2 is 2.75 bits per heavy atom. The Morgan fingerprint density at radius 1 is 2.00 bits per heavy atom. The maximum atomic E-state index is 9.18. The maximum absolute atomic E-state index is 9.18. The van der Waals surface area contributed by atoms with E-state index in [1.807, 2.05) is 6.92 Å². The van der Waals surface area contributed by atoms with Gasteiger partial charge in [0.05, 0.1) is 0 Å². The van der Waals surface area contributed by atoms with Gasteiger partial charge in [-0.2, -0.15) is 0 Å².